The van der Waals surface area contributed by atoms with E-state index < -0.39 is 5.60 Å². The number of hydrogen-bond acceptors (Lipinski definition) is 4. The third-order valence-electron chi connectivity index (χ3n) is 6.71. The Morgan fingerprint density at radius 2 is 1.47 bits per heavy atom. The molecule has 0 saturated carbocycles. The summed E-state index contributed by atoms with van der Waals surface area (Å²) in [5.41, 5.74) is 4.63. The molecule has 0 aliphatic carbocycles. The molecule has 164 valence electrons. The van der Waals surface area contributed by atoms with Crippen molar-refractivity contribution in [3.63, 3.8) is 0 Å². The number of ether oxygens (including phenoxy) is 2. The van der Waals surface area contributed by atoms with Crippen molar-refractivity contribution in [1.29, 1.82) is 0 Å². The van der Waals surface area contributed by atoms with Gasteiger partial charge < -0.3 is 14.4 Å². The fourth-order valence-corrected chi connectivity index (χ4v) is 5.14. The molecule has 2 heterocycles. The van der Waals surface area contributed by atoms with E-state index in [-0.39, 0.29) is 5.97 Å². The zero-order valence-electron chi connectivity index (χ0n) is 19.0. The second-order valence-corrected chi connectivity index (χ2v) is 8.47. The van der Waals surface area contributed by atoms with Crippen molar-refractivity contribution in [2.75, 3.05) is 18.0 Å². The molecule has 0 unspecified atom stereocenters. The Labute approximate surface area is 189 Å². The molecule has 0 aromatic heterocycles. The maximum atomic E-state index is 13.5. The monoisotopic (exact) mass is 427 g/mol. The molecule has 4 heteroatoms. The van der Waals surface area contributed by atoms with Crippen LogP contribution in [0.25, 0.3) is 0 Å². The van der Waals surface area contributed by atoms with E-state index in [9.17, 15) is 4.79 Å². The van der Waals surface area contributed by atoms with Gasteiger partial charge in [-0.3, -0.25) is 0 Å². The summed E-state index contributed by atoms with van der Waals surface area (Å²) in [5, 5.41) is 0. The highest BCUT2D eigenvalue weighted by Crippen LogP contribution is 2.56. The summed E-state index contributed by atoms with van der Waals surface area (Å²) >= 11 is 0. The van der Waals surface area contributed by atoms with Gasteiger partial charge in [-0.2, -0.15) is 0 Å². The molecule has 2 aliphatic heterocycles. The molecule has 3 aromatic rings. The van der Waals surface area contributed by atoms with Gasteiger partial charge in [-0.1, -0.05) is 49.7 Å². The Kier molecular flexibility index (Phi) is 5.16. The normalized spacial score (nSPS) is 14.9. The maximum Gasteiger partial charge on any atom is 0.340 e. The first-order valence-electron chi connectivity index (χ1n) is 11.7. The van der Waals surface area contributed by atoms with E-state index in [1.807, 2.05) is 48.5 Å². The van der Waals surface area contributed by atoms with E-state index in [4.69, 9.17) is 9.47 Å². The van der Waals surface area contributed by atoms with E-state index in [0.29, 0.717) is 0 Å². The molecule has 0 bridgehead atoms. The Bertz CT molecular complexity index is 1130. The number of benzene rings is 3. The average Bonchev–Trinajstić information content (AvgIpc) is 3.11. The molecule has 4 nitrogen and oxygen atoms in total. The van der Waals surface area contributed by atoms with Crippen LogP contribution in [0, 0.1) is 0 Å². The van der Waals surface area contributed by atoms with Crippen molar-refractivity contribution in [2.24, 2.45) is 0 Å². The number of nitrogens with zero attached hydrogens (tertiary/aromatic N) is 1. The molecule has 3 aromatic carbocycles. The Hall–Kier alpha value is -3.27. The van der Waals surface area contributed by atoms with Crippen molar-refractivity contribution in [3.05, 3.63) is 88.5 Å². The molecule has 0 saturated heterocycles. The highest BCUT2D eigenvalue weighted by molar-refractivity contribution is 5.99. The van der Waals surface area contributed by atoms with Gasteiger partial charge in [0.05, 0.1) is 5.56 Å². The molecule has 0 amide bonds. The quantitative estimate of drug-likeness (QED) is 0.424. The lowest BCUT2D eigenvalue weighted by Gasteiger charge is -2.36. The summed E-state index contributed by atoms with van der Waals surface area (Å²) in [6.07, 6.45) is 2.97. The predicted octanol–water partition coefficient (Wildman–Crippen LogP) is 6.44. The van der Waals surface area contributed by atoms with E-state index in [1.165, 1.54) is 0 Å². The second kappa shape index (κ2) is 8.01. The molecular formula is C28H29NO3. The van der Waals surface area contributed by atoms with E-state index >= 15 is 0 Å². The van der Waals surface area contributed by atoms with Crippen molar-refractivity contribution in [3.8, 4) is 11.5 Å². The van der Waals surface area contributed by atoms with Crippen LogP contribution in [-0.4, -0.2) is 19.1 Å². The molecule has 32 heavy (non-hydrogen) atoms. The SMILES string of the molecule is CCCCc1cc(N(CC)CC)cc2c1C(=O)OC21c2ccccc2Oc2ccccc21. The zero-order chi connectivity index (χ0) is 22.3. The molecule has 5 rings (SSSR count). The highest BCUT2D eigenvalue weighted by atomic mass is 16.6. The standard InChI is InChI=1S/C28H29NO3/c1-4-7-12-19-17-20(29(5-2)6-3)18-23-26(19)27(30)32-28(23)21-13-8-10-15-24(21)31-25-16-11-9-14-22(25)28/h8-11,13-18H,4-7,12H2,1-3H3. The topological polar surface area (TPSA) is 38.8 Å². The summed E-state index contributed by atoms with van der Waals surface area (Å²) in [6.45, 7) is 8.32. The lowest BCUT2D eigenvalue weighted by atomic mass is 9.76. The number of aryl methyl sites for hydroxylation is 1. The number of para-hydroxylation sites is 2. The van der Waals surface area contributed by atoms with Gasteiger partial charge >= 0.3 is 5.97 Å². The lowest BCUT2D eigenvalue weighted by molar-refractivity contribution is 0.0224. The van der Waals surface area contributed by atoms with Gasteiger partial charge in [-0.15, -0.1) is 0 Å². The van der Waals surface area contributed by atoms with Crippen LogP contribution < -0.4 is 9.64 Å². The van der Waals surface area contributed by atoms with Crippen molar-refractivity contribution in [1.82, 2.24) is 0 Å². The smallest absolute Gasteiger partial charge is 0.340 e. The highest BCUT2D eigenvalue weighted by Gasteiger charge is 2.54. The van der Waals surface area contributed by atoms with Crippen LogP contribution >= 0.6 is 0 Å². The molecule has 0 atom stereocenters. The van der Waals surface area contributed by atoms with Crippen LogP contribution in [0.4, 0.5) is 5.69 Å². The number of rotatable bonds is 6. The molecule has 1 spiro atoms. The number of fused-ring (bicyclic) bond motifs is 6. The number of carbonyl (C=O) groups is 1. The Balaban J connectivity index is 1.84. The second-order valence-electron chi connectivity index (χ2n) is 8.47. The third-order valence-corrected chi connectivity index (χ3v) is 6.71. The van der Waals surface area contributed by atoms with Crippen molar-refractivity contribution < 1.29 is 14.3 Å². The summed E-state index contributed by atoms with van der Waals surface area (Å²) in [7, 11) is 0. The number of esters is 1. The summed E-state index contributed by atoms with van der Waals surface area (Å²) in [5.74, 6) is 1.22. The average molecular weight is 428 g/mol. The first-order chi connectivity index (χ1) is 15.6. The number of carbonyl (C=O) groups excluding carboxylic acids is 1. The first-order valence-corrected chi connectivity index (χ1v) is 11.7. The van der Waals surface area contributed by atoms with Gasteiger partial charge in [0.15, 0.2) is 5.60 Å². The predicted molar refractivity (Wildman–Crippen MR) is 127 cm³/mol. The molecule has 0 radical (unpaired) electrons. The van der Waals surface area contributed by atoms with Gasteiger partial charge in [0.25, 0.3) is 0 Å². The number of hydrogen-bond donors (Lipinski definition) is 0. The fraction of sp³-hybridized carbons (Fsp3) is 0.321. The van der Waals surface area contributed by atoms with Crippen LogP contribution in [0.15, 0.2) is 60.7 Å². The van der Waals surface area contributed by atoms with Gasteiger partial charge in [0, 0.05) is 35.5 Å². The molecule has 2 aliphatic rings. The summed E-state index contributed by atoms with van der Waals surface area (Å²) in [6, 6.07) is 20.2. The van der Waals surface area contributed by atoms with E-state index in [0.717, 1.165) is 77.4 Å². The Morgan fingerprint density at radius 3 is 2.06 bits per heavy atom. The van der Waals surface area contributed by atoms with Crippen molar-refractivity contribution >= 4 is 11.7 Å². The molecular weight excluding hydrogens is 398 g/mol. The number of anilines is 1. The van der Waals surface area contributed by atoms with Crippen LogP contribution in [-0.2, 0) is 16.8 Å². The van der Waals surface area contributed by atoms with Crippen LogP contribution in [0.5, 0.6) is 11.5 Å². The van der Waals surface area contributed by atoms with Crippen LogP contribution in [0.2, 0.25) is 0 Å². The lowest BCUT2D eigenvalue weighted by Crippen LogP contribution is -2.33. The number of unbranched alkanes of at least 4 members (excludes halogenated alkanes) is 1. The maximum absolute atomic E-state index is 13.5. The molecule has 0 fully saturated rings. The van der Waals surface area contributed by atoms with Crippen LogP contribution in [0.3, 0.4) is 0 Å². The minimum absolute atomic E-state index is 0.247. The minimum atomic E-state index is -0.998. The van der Waals surface area contributed by atoms with E-state index in [1.54, 1.807) is 0 Å². The Morgan fingerprint density at radius 1 is 0.844 bits per heavy atom. The first kappa shape index (κ1) is 20.6. The summed E-state index contributed by atoms with van der Waals surface area (Å²) in [4.78, 5) is 15.8. The molecule has 0 N–H and O–H groups in total. The fourth-order valence-electron chi connectivity index (χ4n) is 5.14. The van der Waals surface area contributed by atoms with Crippen LogP contribution in [0.1, 0.15) is 66.2 Å². The largest absolute Gasteiger partial charge is 0.456 e. The third kappa shape index (κ3) is 2.93. The van der Waals surface area contributed by atoms with Gasteiger partial charge in [0.1, 0.15) is 11.5 Å². The van der Waals surface area contributed by atoms with Gasteiger partial charge in [-0.25, -0.2) is 4.79 Å². The van der Waals surface area contributed by atoms with Crippen molar-refractivity contribution in [2.45, 2.75) is 45.6 Å². The van der Waals surface area contributed by atoms with E-state index in [2.05, 4.69) is 37.8 Å². The summed E-state index contributed by atoms with van der Waals surface area (Å²) < 4.78 is 12.6. The van der Waals surface area contributed by atoms with Gasteiger partial charge in [-0.05, 0) is 56.5 Å². The van der Waals surface area contributed by atoms with Gasteiger partial charge in [0.2, 0.25) is 0 Å². The minimum Gasteiger partial charge on any atom is -0.456 e. The zero-order valence-corrected chi connectivity index (χ0v) is 19.0.